The molecule has 0 aliphatic rings. The number of nitrogens with zero attached hydrogens (tertiary/aromatic N) is 3. The minimum Gasteiger partial charge on any atom is -0.236 e. The largest absolute Gasteiger partial charge is 0.236 e. The molecule has 0 bridgehead atoms. The first-order valence-corrected chi connectivity index (χ1v) is 19.3. The summed E-state index contributed by atoms with van der Waals surface area (Å²) in [6.45, 7) is 0. The molecule has 256 valence electrons. The van der Waals surface area contributed by atoms with Crippen molar-refractivity contribution >= 4 is 64.0 Å². The van der Waals surface area contributed by atoms with Crippen LogP contribution in [-0.2, 0) is 0 Å². The van der Waals surface area contributed by atoms with Gasteiger partial charge in [-0.2, -0.15) is 0 Å². The molecule has 0 unspecified atom stereocenters. The van der Waals surface area contributed by atoms with Crippen molar-refractivity contribution in [1.82, 2.24) is 15.0 Å². The highest BCUT2D eigenvalue weighted by molar-refractivity contribution is 7.25. The maximum Gasteiger partial charge on any atom is 0.160 e. The van der Waals surface area contributed by atoms with Crippen molar-refractivity contribution in [2.24, 2.45) is 0 Å². The van der Waals surface area contributed by atoms with Crippen LogP contribution < -0.4 is 0 Å². The van der Waals surface area contributed by atoms with Gasteiger partial charge in [0.25, 0.3) is 0 Å². The first-order chi connectivity index (χ1) is 27.2. The van der Waals surface area contributed by atoms with Crippen LogP contribution in [0.25, 0.3) is 109 Å². The van der Waals surface area contributed by atoms with Gasteiger partial charge in [-0.3, -0.25) is 0 Å². The number of hydrogen-bond acceptors (Lipinski definition) is 4. The van der Waals surface area contributed by atoms with Gasteiger partial charge in [-0.25, -0.2) is 15.0 Å². The van der Waals surface area contributed by atoms with E-state index >= 15 is 0 Å². The van der Waals surface area contributed by atoms with E-state index in [0.717, 1.165) is 49.6 Å². The average Bonchev–Trinajstić information content (AvgIpc) is 3.65. The van der Waals surface area contributed by atoms with Crippen molar-refractivity contribution < 1.29 is 0 Å². The third-order valence-electron chi connectivity index (χ3n) is 10.7. The lowest BCUT2D eigenvalue weighted by atomic mass is 9.96. The number of fused-ring (bicyclic) bond motifs is 8. The van der Waals surface area contributed by atoms with Crippen molar-refractivity contribution in [3.63, 3.8) is 0 Å². The Morgan fingerprint density at radius 3 is 1.76 bits per heavy atom. The van der Waals surface area contributed by atoms with Crippen molar-refractivity contribution in [2.75, 3.05) is 0 Å². The Hall–Kier alpha value is -7.01. The van der Waals surface area contributed by atoms with Gasteiger partial charge in [0.1, 0.15) is 4.83 Å². The van der Waals surface area contributed by atoms with E-state index in [-0.39, 0.29) is 0 Å². The maximum absolute atomic E-state index is 5.32. The molecule has 0 aliphatic heterocycles. The summed E-state index contributed by atoms with van der Waals surface area (Å²) in [5.41, 5.74) is 9.15. The molecule has 0 amide bonds. The van der Waals surface area contributed by atoms with E-state index in [1.54, 1.807) is 11.3 Å². The second-order valence-corrected chi connectivity index (χ2v) is 15.0. The van der Waals surface area contributed by atoms with Gasteiger partial charge in [-0.15, -0.1) is 11.3 Å². The molecule has 0 fully saturated rings. The van der Waals surface area contributed by atoms with Crippen LogP contribution in [0, 0.1) is 0 Å². The first-order valence-electron chi connectivity index (χ1n) is 18.5. The van der Waals surface area contributed by atoms with E-state index in [2.05, 4.69) is 182 Å². The van der Waals surface area contributed by atoms with Crippen molar-refractivity contribution in [3.8, 4) is 56.3 Å². The van der Waals surface area contributed by atoms with Crippen LogP contribution in [0.3, 0.4) is 0 Å². The summed E-state index contributed by atoms with van der Waals surface area (Å²) < 4.78 is 1.25. The number of thiophene rings is 1. The van der Waals surface area contributed by atoms with Gasteiger partial charge in [0, 0.05) is 43.1 Å². The highest BCUT2D eigenvalue weighted by atomic mass is 32.1. The summed E-state index contributed by atoms with van der Waals surface area (Å²) in [6.07, 6.45) is 0. The lowest BCUT2D eigenvalue weighted by Gasteiger charge is -2.12. The molecule has 0 spiro atoms. The fourth-order valence-electron chi connectivity index (χ4n) is 7.97. The summed E-state index contributed by atoms with van der Waals surface area (Å²) in [7, 11) is 0. The fraction of sp³-hybridized carbons (Fsp3) is 0. The zero-order valence-corrected chi connectivity index (χ0v) is 30.5. The molecule has 3 nitrogen and oxygen atoms in total. The van der Waals surface area contributed by atoms with Crippen LogP contribution >= 0.6 is 11.3 Å². The molecule has 0 atom stereocenters. The molecule has 0 saturated carbocycles. The zero-order valence-electron chi connectivity index (χ0n) is 29.6. The molecule has 11 aromatic rings. The summed E-state index contributed by atoms with van der Waals surface area (Å²) in [6, 6.07) is 66.7. The Morgan fingerprint density at radius 1 is 0.327 bits per heavy atom. The molecular formula is C51H31N3S. The Morgan fingerprint density at radius 2 is 0.927 bits per heavy atom. The van der Waals surface area contributed by atoms with Gasteiger partial charge < -0.3 is 0 Å². The SMILES string of the molecule is c1ccc(-c2cc(-c3ccc(-c4ccc5c(ccc6ccccc65)c4)cc3)nc(-c3cccc(-c4nc5sc6ccccc6c5c5ccccc45)c3)n2)cc1. The third kappa shape index (κ3) is 5.46. The van der Waals surface area contributed by atoms with E-state index in [1.165, 1.54) is 53.5 Å². The van der Waals surface area contributed by atoms with Crippen molar-refractivity contribution in [3.05, 3.63) is 188 Å². The van der Waals surface area contributed by atoms with Crippen LogP contribution in [0.5, 0.6) is 0 Å². The molecule has 0 saturated heterocycles. The Bertz CT molecular complexity index is 3260. The first kappa shape index (κ1) is 31.5. The summed E-state index contributed by atoms with van der Waals surface area (Å²) >= 11 is 1.75. The number of pyridine rings is 1. The maximum atomic E-state index is 5.32. The van der Waals surface area contributed by atoms with Crippen LogP contribution in [0.1, 0.15) is 0 Å². The van der Waals surface area contributed by atoms with Crippen molar-refractivity contribution in [1.29, 1.82) is 0 Å². The Labute approximate surface area is 321 Å². The predicted octanol–water partition coefficient (Wildman–Crippen LogP) is 14.0. The molecule has 0 radical (unpaired) electrons. The molecular weight excluding hydrogens is 687 g/mol. The van der Waals surface area contributed by atoms with Gasteiger partial charge in [-0.1, -0.05) is 164 Å². The summed E-state index contributed by atoms with van der Waals surface area (Å²) in [5, 5.41) is 9.88. The number of hydrogen-bond donors (Lipinski definition) is 0. The minimum atomic E-state index is 0.677. The van der Waals surface area contributed by atoms with E-state index in [0.29, 0.717) is 5.82 Å². The molecule has 3 aromatic heterocycles. The second-order valence-electron chi connectivity index (χ2n) is 14.0. The number of aromatic nitrogens is 3. The number of benzene rings is 8. The fourth-order valence-corrected chi connectivity index (χ4v) is 9.07. The van der Waals surface area contributed by atoms with Crippen LogP contribution in [-0.4, -0.2) is 15.0 Å². The van der Waals surface area contributed by atoms with Gasteiger partial charge in [0.15, 0.2) is 5.82 Å². The molecule has 11 rings (SSSR count). The third-order valence-corrected chi connectivity index (χ3v) is 11.8. The average molecular weight is 718 g/mol. The lowest BCUT2D eigenvalue weighted by molar-refractivity contribution is 1.18. The monoisotopic (exact) mass is 717 g/mol. The topological polar surface area (TPSA) is 38.7 Å². The molecule has 55 heavy (non-hydrogen) atoms. The molecule has 8 aromatic carbocycles. The van der Waals surface area contributed by atoms with Crippen LogP contribution in [0.2, 0.25) is 0 Å². The van der Waals surface area contributed by atoms with E-state index in [1.807, 2.05) is 6.07 Å². The van der Waals surface area contributed by atoms with E-state index in [4.69, 9.17) is 15.0 Å². The Kier molecular flexibility index (Phi) is 7.35. The number of rotatable bonds is 5. The lowest BCUT2D eigenvalue weighted by Crippen LogP contribution is -1.96. The van der Waals surface area contributed by atoms with Crippen LogP contribution in [0.4, 0.5) is 0 Å². The van der Waals surface area contributed by atoms with Gasteiger partial charge in [0.05, 0.1) is 17.1 Å². The smallest absolute Gasteiger partial charge is 0.160 e. The zero-order chi connectivity index (χ0) is 36.3. The predicted molar refractivity (Wildman–Crippen MR) is 232 cm³/mol. The van der Waals surface area contributed by atoms with E-state index < -0.39 is 0 Å². The van der Waals surface area contributed by atoms with Gasteiger partial charge >= 0.3 is 0 Å². The normalized spacial score (nSPS) is 11.6. The molecule has 0 aliphatic carbocycles. The van der Waals surface area contributed by atoms with E-state index in [9.17, 15) is 0 Å². The van der Waals surface area contributed by atoms with Gasteiger partial charge in [-0.05, 0) is 62.3 Å². The Balaban J connectivity index is 1.01. The quantitative estimate of drug-likeness (QED) is 0.166. The second kappa shape index (κ2) is 12.8. The standard InChI is InChI=1S/C51H31N3S/c1-2-12-34(13-3-1)45-31-46(35-24-21-32(22-25-35)36-27-28-41-37(29-36)26-23-33-11-4-5-16-40(33)41)53-50(52-45)39-15-10-14-38(30-39)49-43-18-7-6-17-42(43)48-44-19-8-9-20-47(44)55-51(48)54-49/h1-31H. The molecule has 3 heterocycles. The molecule has 0 N–H and O–H groups in total. The van der Waals surface area contributed by atoms with Crippen molar-refractivity contribution in [2.45, 2.75) is 0 Å². The summed E-state index contributed by atoms with van der Waals surface area (Å²) in [4.78, 5) is 16.7. The highest BCUT2D eigenvalue weighted by Crippen LogP contribution is 2.41. The minimum absolute atomic E-state index is 0.677. The van der Waals surface area contributed by atoms with Gasteiger partial charge in [0.2, 0.25) is 0 Å². The highest BCUT2D eigenvalue weighted by Gasteiger charge is 2.17. The van der Waals surface area contributed by atoms with Crippen LogP contribution in [0.15, 0.2) is 188 Å². The summed E-state index contributed by atoms with van der Waals surface area (Å²) in [5.74, 6) is 0.677. The molecule has 4 heteroatoms.